The lowest BCUT2D eigenvalue weighted by Crippen LogP contribution is -2.37. The second-order valence-electron chi connectivity index (χ2n) is 5.61. The first kappa shape index (κ1) is 15.1. The molecule has 1 saturated heterocycles. The van der Waals surface area contributed by atoms with Crippen molar-refractivity contribution in [3.63, 3.8) is 0 Å². The predicted molar refractivity (Wildman–Crippen MR) is 74.7 cm³/mol. The molecule has 1 aromatic carbocycles. The van der Waals surface area contributed by atoms with E-state index in [-0.39, 0.29) is 17.4 Å². The van der Waals surface area contributed by atoms with Crippen LogP contribution in [0.15, 0.2) is 18.2 Å². The highest BCUT2D eigenvalue weighted by atomic mass is 19.2. The highest BCUT2D eigenvalue weighted by Gasteiger charge is 2.29. The first-order valence-electron chi connectivity index (χ1n) is 7.26. The second kappa shape index (κ2) is 6.44. The van der Waals surface area contributed by atoms with Gasteiger partial charge in [-0.25, -0.2) is 8.78 Å². The van der Waals surface area contributed by atoms with Crippen molar-refractivity contribution in [1.29, 1.82) is 0 Å². The van der Waals surface area contributed by atoms with E-state index in [0.29, 0.717) is 5.92 Å². The van der Waals surface area contributed by atoms with Crippen LogP contribution in [0, 0.1) is 17.6 Å². The summed E-state index contributed by atoms with van der Waals surface area (Å²) in [5, 5.41) is 0. The molecule has 0 aliphatic carbocycles. The van der Waals surface area contributed by atoms with Crippen LogP contribution in [-0.2, 0) is 0 Å². The number of halogens is 2. The van der Waals surface area contributed by atoms with Crippen LogP contribution in [0.2, 0.25) is 0 Å². The Labute approximate surface area is 118 Å². The number of hydrogen-bond acceptors (Lipinski definition) is 2. The molecule has 0 radical (unpaired) electrons. The predicted octanol–water partition coefficient (Wildman–Crippen LogP) is 3.66. The molecule has 0 amide bonds. The van der Waals surface area contributed by atoms with E-state index in [1.165, 1.54) is 12.5 Å². The third-order valence-corrected chi connectivity index (χ3v) is 4.15. The molecule has 0 N–H and O–H groups in total. The Morgan fingerprint density at radius 3 is 2.80 bits per heavy atom. The van der Waals surface area contributed by atoms with Crippen molar-refractivity contribution in [3.8, 4) is 0 Å². The van der Waals surface area contributed by atoms with Crippen molar-refractivity contribution >= 4 is 5.78 Å². The van der Waals surface area contributed by atoms with Crippen molar-refractivity contribution in [3.05, 3.63) is 35.4 Å². The summed E-state index contributed by atoms with van der Waals surface area (Å²) < 4.78 is 26.1. The van der Waals surface area contributed by atoms with E-state index in [1.54, 1.807) is 0 Å². The van der Waals surface area contributed by atoms with Gasteiger partial charge in [0.15, 0.2) is 17.4 Å². The fraction of sp³-hybridized carbons (Fsp3) is 0.562. The van der Waals surface area contributed by atoms with Crippen molar-refractivity contribution in [2.24, 2.45) is 5.92 Å². The third kappa shape index (κ3) is 3.23. The minimum absolute atomic E-state index is 0.138. The maximum Gasteiger partial charge on any atom is 0.179 e. The van der Waals surface area contributed by atoms with Crippen molar-refractivity contribution in [2.75, 3.05) is 13.1 Å². The summed E-state index contributed by atoms with van der Waals surface area (Å²) in [6.45, 7) is 5.84. The van der Waals surface area contributed by atoms with Gasteiger partial charge in [-0.2, -0.15) is 0 Å². The molecular weight excluding hydrogens is 260 g/mol. The molecule has 1 heterocycles. The fourth-order valence-electron chi connectivity index (χ4n) is 2.91. The van der Waals surface area contributed by atoms with Gasteiger partial charge in [0.05, 0.1) is 6.04 Å². The largest absolute Gasteiger partial charge is 0.293 e. The smallest absolute Gasteiger partial charge is 0.179 e. The molecule has 1 fully saturated rings. The normalized spacial score (nSPS) is 21.1. The summed E-state index contributed by atoms with van der Waals surface area (Å²) in [7, 11) is 0. The molecule has 1 aliphatic rings. The molecule has 0 saturated carbocycles. The first-order valence-corrected chi connectivity index (χ1v) is 7.26. The van der Waals surface area contributed by atoms with Crippen LogP contribution in [0.4, 0.5) is 8.78 Å². The second-order valence-corrected chi connectivity index (χ2v) is 5.61. The van der Waals surface area contributed by atoms with Crippen LogP contribution >= 0.6 is 0 Å². The molecule has 1 aliphatic heterocycles. The number of ketones is 1. The highest BCUT2D eigenvalue weighted by Crippen LogP contribution is 2.24. The molecule has 2 atom stereocenters. The van der Waals surface area contributed by atoms with Crippen LogP contribution in [-0.4, -0.2) is 29.8 Å². The topological polar surface area (TPSA) is 20.3 Å². The van der Waals surface area contributed by atoms with Crippen LogP contribution < -0.4 is 0 Å². The number of rotatable bonds is 5. The standard InChI is InChI=1S/C16H21F2NO/c1-3-4-12-7-8-19(10-12)11(2)16(20)13-5-6-14(17)15(18)9-13/h5-6,9,11-12H,3-4,7-8,10H2,1-2H3. The summed E-state index contributed by atoms with van der Waals surface area (Å²) in [5.74, 6) is -1.37. The highest BCUT2D eigenvalue weighted by molar-refractivity contribution is 5.99. The Morgan fingerprint density at radius 1 is 1.40 bits per heavy atom. The Balaban J connectivity index is 2.03. The molecule has 2 nitrogen and oxygen atoms in total. The van der Waals surface area contributed by atoms with Crippen molar-refractivity contribution in [2.45, 2.75) is 39.2 Å². The molecule has 2 unspecified atom stereocenters. The Morgan fingerprint density at radius 2 is 2.15 bits per heavy atom. The van der Waals surface area contributed by atoms with E-state index in [2.05, 4.69) is 11.8 Å². The van der Waals surface area contributed by atoms with Crippen molar-refractivity contribution in [1.82, 2.24) is 4.90 Å². The van der Waals surface area contributed by atoms with Gasteiger partial charge in [-0.15, -0.1) is 0 Å². The van der Waals surface area contributed by atoms with Gasteiger partial charge in [0.2, 0.25) is 0 Å². The number of nitrogens with zero attached hydrogens (tertiary/aromatic N) is 1. The molecule has 1 aromatic rings. The van der Waals surface area contributed by atoms with Gasteiger partial charge < -0.3 is 0 Å². The van der Waals surface area contributed by atoms with E-state index in [0.717, 1.165) is 38.1 Å². The van der Waals surface area contributed by atoms with Crippen LogP contribution in [0.25, 0.3) is 0 Å². The summed E-state index contributed by atoms with van der Waals surface area (Å²) in [6.07, 6.45) is 3.45. The number of benzene rings is 1. The SMILES string of the molecule is CCCC1CCN(C(C)C(=O)c2ccc(F)c(F)c2)C1. The minimum Gasteiger partial charge on any atom is -0.293 e. The van der Waals surface area contributed by atoms with E-state index < -0.39 is 11.6 Å². The van der Waals surface area contributed by atoms with E-state index in [4.69, 9.17) is 0 Å². The van der Waals surface area contributed by atoms with Crippen LogP contribution in [0.5, 0.6) is 0 Å². The van der Waals surface area contributed by atoms with Crippen LogP contribution in [0.1, 0.15) is 43.5 Å². The van der Waals surface area contributed by atoms with Gasteiger partial charge in [-0.05, 0) is 50.4 Å². The van der Waals surface area contributed by atoms with Gasteiger partial charge in [-0.3, -0.25) is 9.69 Å². The lowest BCUT2D eigenvalue weighted by Gasteiger charge is -2.23. The molecule has 0 spiro atoms. The monoisotopic (exact) mass is 281 g/mol. The van der Waals surface area contributed by atoms with E-state index in [1.807, 2.05) is 6.92 Å². The maximum atomic E-state index is 13.2. The summed E-state index contributed by atoms with van der Waals surface area (Å²) in [4.78, 5) is 14.5. The first-order chi connectivity index (χ1) is 9.52. The van der Waals surface area contributed by atoms with Gasteiger partial charge in [0.25, 0.3) is 0 Å². The molecule has 2 rings (SSSR count). The van der Waals surface area contributed by atoms with Gasteiger partial charge in [0.1, 0.15) is 0 Å². The summed E-state index contributed by atoms with van der Waals surface area (Å²) >= 11 is 0. The molecule has 110 valence electrons. The number of carbonyl (C=O) groups is 1. The Bertz CT molecular complexity index is 489. The summed E-state index contributed by atoms with van der Waals surface area (Å²) in [6, 6.07) is 3.09. The Hall–Kier alpha value is -1.29. The van der Waals surface area contributed by atoms with Crippen LogP contribution in [0.3, 0.4) is 0 Å². The number of carbonyl (C=O) groups excluding carboxylic acids is 1. The number of hydrogen-bond donors (Lipinski definition) is 0. The van der Waals surface area contributed by atoms with Gasteiger partial charge >= 0.3 is 0 Å². The summed E-state index contributed by atoms with van der Waals surface area (Å²) in [5.41, 5.74) is 0.246. The molecule has 20 heavy (non-hydrogen) atoms. The average Bonchev–Trinajstić information content (AvgIpc) is 2.89. The zero-order valence-corrected chi connectivity index (χ0v) is 12.0. The number of likely N-dealkylation sites (tertiary alicyclic amines) is 1. The van der Waals surface area contributed by atoms with Gasteiger partial charge in [0, 0.05) is 12.1 Å². The maximum absolute atomic E-state index is 13.2. The lowest BCUT2D eigenvalue weighted by atomic mass is 10.0. The molecular formula is C16H21F2NO. The molecule has 0 bridgehead atoms. The molecule has 4 heteroatoms. The number of Topliss-reactive ketones (excluding diaryl/α,β-unsaturated/α-hetero) is 1. The average molecular weight is 281 g/mol. The Kier molecular flexibility index (Phi) is 4.86. The van der Waals surface area contributed by atoms with Gasteiger partial charge in [-0.1, -0.05) is 13.3 Å². The van der Waals surface area contributed by atoms with Crippen molar-refractivity contribution < 1.29 is 13.6 Å². The molecule has 0 aromatic heterocycles. The third-order valence-electron chi connectivity index (χ3n) is 4.15. The van der Waals surface area contributed by atoms with E-state index in [9.17, 15) is 13.6 Å². The zero-order valence-electron chi connectivity index (χ0n) is 12.0. The minimum atomic E-state index is -0.965. The zero-order chi connectivity index (χ0) is 14.7. The fourth-order valence-corrected chi connectivity index (χ4v) is 2.91. The van der Waals surface area contributed by atoms with E-state index >= 15 is 0 Å². The lowest BCUT2D eigenvalue weighted by molar-refractivity contribution is 0.0862. The quantitative estimate of drug-likeness (QED) is 0.768.